The molecule has 0 aliphatic rings. The van der Waals surface area contributed by atoms with E-state index in [9.17, 15) is 0 Å². The van der Waals surface area contributed by atoms with Gasteiger partial charge in [0.25, 0.3) is 0 Å². The zero-order chi connectivity index (χ0) is 12.4. The summed E-state index contributed by atoms with van der Waals surface area (Å²) in [6, 6.07) is 16.0. The standard InChI is InChI=1S/C14H14N4/c15-10-12(11-6-2-1-3-7-11)14-17-16-13-8-4-5-9-18(13)14/h1-9,12H,10,15H2. The zero-order valence-corrected chi connectivity index (χ0v) is 9.90. The van der Waals surface area contributed by atoms with Crippen LogP contribution in [0.2, 0.25) is 0 Å². The molecule has 1 atom stereocenters. The van der Waals surface area contributed by atoms with E-state index in [1.807, 2.05) is 47.0 Å². The Morgan fingerprint density at radius 3 is 2.56 bits per heavy atom. The maximum Gasteiger partial charge on any atom is 0.160 e. The summed E-state index contributed by atoms with van der Waals surface area (Å²) in [4.78, 5) is 0. The first-order valence-corrected chi connectivity index (χ1v) is 5.95. The Kier molecular flexibility index (Phi) is 2.78. The van der Waals surface area contributed by atoms with Crippen molar-refractivity contribution in [2.75, 3.05) is 6.54 Å². The number of nitrogens with two attached hydrogens (primary N) is 1. The number of fused-ring (bicyclic) bond motifs is 1. The van der Waals surface area contributed by atoms with Crippen LogP contribution in [0.1, 0.15) is 17.3 Å². The molecule has 2 heterocycles. The number of aromatic nitrogens is 3. The lowest BCUT2D eigenvalue weighted by molar-refractivity contribution is 0.738. The molecule has 3 aromatic rings. The highest BCUT2D eigenvalue weighted by atomic mass is 15.2. The van der Waals surface area contributed by atoms with E-state index in [2.05, 4.69) is 22.3 Å². The Bertz CT molecular complexity index is 645. The van der Waals surface area contributed by atoms with Crippen molar-refractivity contribution in [3.05, 3.63) is 66.1 Å². The lowest BCUT2D eigenvalue weighted by Crippen LogP contribution is -2.16. The number of nitrogens with zero attached hydrogens (tertiary/aromatic N) is 3. The molecule has 18 heavy (non-hydrogen) atoms. The molecule has 4 nitrogen and oxygen atoms in total. The van der Waals surface area contributed by atoms with Gasteiger partial charge in [0.05, 0.1) is 5.92 Å². The highest BCUT2D eigenvalue weighted by Crippen LogP contribution is 2.22. The van der Waals surface area contributed by atoms with Crippen molar-refractivity contribution in [3.8, 4) is 0 Å². The van der Waals surface area contributed by atoms with E-state index in [0.717, 1.165) is 17.0 Å². The van der Waals surface area contributed by atoms with E-state index in [1.54, 1.807) is 0 Å². The third-order valence-corrected chi connectivity index (χ3v) is 3.09. The van der Waals surface area contributed by atoms with Crippen LogP contribution in [-0.4, -0.2) is 21.1 Å². The van der Waals surface area contributed by atoms with E-state index in [-0.39, 0.29) is 5.92 Å². The molecule has 3 rings (SSSR count). The molecule has 2 N–H and O–H groups in total. The molecular weight excluding hydrogens is 224 g/mol. The second-order valence-corrected chi connectivity index (χ2v) is 4.19. The van der Waals surface area contributed by atoms with Gasteiger partial charge in [0.1, 0.15) is 5.82 Å². The molecular formula is C14H14N4. The van der Waals surface area contributed by atoms with Crippen LogP contribution in [0.25, 0.3) is 5.65 Å². The minimum absolute atomic E-state index is 0.0728. The molecule has 0 bridgehead atoms. The number of benzene rings is 1. The van der Waals surface area contributed by atoms with E-state index in [1.165, 1.54) is 0 Å². The second-order valence-electron chi connectivity index (χ2n) is 4.19. The topological polar surface area (TPSA) is 56.2 Å². The highest BCUT2D eigenvalue weighted by Gasteiger charge is 2.18. The number of hydrogen-bond donors (Lipinski definition) is 1. The Labute approximate surface area is 105 Å². The SMILES string of the molecule is NCC(c1ccccc1)c1nnc2ccccn12. The first-order chi connectivity index (χ1) is 8.90. The molecule has 90 valence electrons. The van der Waals surface area contributed by atoms with Crippen LogP contribution in [-0.2, 0) is 0 Å². The maximum atomic E-state index is 5.91. The van der Waals surface area contributed by atoms with Gasteiger partial charge in [-0.15, -0.1) is 10.2 Å². The Balaban J connectivity index is 2.12. The molecule has 2 aromatic heterocycles. The number of rotatable bonds is 3. The molecule has 0 amide bonds. The summed E-state index contributed by atoms with van der Waals surface area (Å²) in [5.41, 5.74) is 7.92. The average molecular weight is 238 g/mol. The molecule has 1 aromatic carbocycles. The quantitative estimate of drug-likeness (QED) is 0.757. The molecule has 0 aliphatic heterocycles. The largest absolute Gasteiger partial charge is 0.329 e. The fourth-order valence-corrected chi connectivity index (χ4v) is 2.17. The third-order valence-electron chi connectivity index (χ3n) is 3.09. The van der Waals surface area contributed by atoms with Crippen LogP contribution in [0.5, 0.6) is 0 Å². The molecule has 1 unspecified atom stereocenters. The van der Waals surface area contributed by atoms with Gasteiger partial charge in [-0.05, 0) is 17.7 Å². The first-order valence-electron chi connectivity index (χ1n) is 5.95. The van der Waals surface area contributed by atoms with Crippen molar-refractivity contribution < 1.29 is 0 Å². The average Bonchev–Trinajstić information content (AvgIpc) is 2.85. The van der Waals surface area contributed by atoms with Gasteiger partial charge in [-0.25, -0.2) is 0 Å². The number of hydrogen-bond acceptors (Lipinski definition) is 3. The second kappa shape index (κ2) is 4.58. The summed E-state index contributed by atoms with van der Waals surface area (Å²) >= 11 is 0. The van der Waals surface area contributed by atoms with E-state index < -0.39 is 0 Å². The Hall–Kier alpha value is -2.20. The van der Waals surface area contributed by atoms with Crippen LogP contribution in [0.4, 0.5) is 0 Å². The predicted molar refractivity (Wildman–Crippen MR) is 70.3 cm³/mol. The lowest BCUT2D eigenvalue weighted by Gasteiger charge is -2.13. The van der Waals surface area contributed by atoms with Gasteiger partial charge < -0.3 is 5.73 Å². The Morgan fingerprint density at radius 2 is 1.78 bits per heavy atom. The zero-order valence-electron chi connectivity index (χ0n) is 9.90. The minimum Gasteiger partial charge on any atom is -0.329 e. The summed E-state index contributed by atoms with van der Waals surface area (Å²) in [6.45, 7) is 0.514. The minimum atomic E-state index is 0.0728. The predicted octanol–water partition coefficient (Wildman–Crippen LogP) is 1.82. The fraction of sp³-hybridized carbons (Fsp3) is 0.143. The van der Waals surface area contributed by atoms with Gasteiger partial charge in [-0.2, -0.15) is 0 Å². The molecule has 0 saturated heterocycles. The van der Waals surface area contributed by atoms with Crippen molar-refractivity contribution in [2.45, 2.75) is 5.92 Å². The van der Waals surface area contributed by atoms with Gasteiger partial charge in [-0.1, -0.05) is 36.4 Å². The van der Waals surface area contributed by atoms with Gasteiger partial charge in [0.2, 0.25) is 0 Å². The molecule has 0 saturated carbocycles. The van der Waals surface area contributed by atoms with Gasteiger partial charge in [0, 0.05) is 12.7 Å². The smallest absolute Gasteiger partial charge is 0.160 e. The molecule has 0 aliphatic carbocycles. The monoisotopic (exact) mass is 238 g/mol. The van der Waals surface area contributed by atoms with Crippen molar-refractivity contribution in [1.29, 1.82) is 0 Å². The molecule has 0 spiro atoms. The van der Waals surface area contributed by atoms with Crippen molar-refractivity contribution >= 4 is 5.65 Å². The van der Waals surface area contributed by atoms with Crippen LogP contribution in [0, 0.1) is 0 Å². The van der Waals surface area contributed by atoms with Crippen molar-refractivity contribution in [2.24, 2.45) is 5.73 Å². The van der Waals surface area contributed by atoms with Gasteiger partial charge in [-0.3, -0.25) is 4.40 Å². The van der Waals surface area contributed by atoms with E-state index in [4.69, 9.17) is 5.73 Å². The van der Waals surface area contributed by atoms with E-state index >= 15 is 0 Å². The number of pyridine rings is 1. The Morgan fingerprint density at radius 1 is 1.00 bits per heavy atom. The third kappa shape index (κ3) is 1.76. The summed E-state index contributed by atoms with van der Waals surface area (Å²) in [5, 5.41) is 8.45. The van der Waals surface area contributed by atoms with Crippen LogP contribution in [0.15, 0.2) is 54.7 Å². The van der Waals surface area contributed by atoms with E-state index in [0.29, 0.717) is 6.54 Å². The molecule has 4 heteroatoms. The van der Waals surface area contributed by atoms with Gasteiger partial charge in [0.15, 0.2) is 5.65 Å². The van der Waals surface area contributed by atoms with Crippen molar-refractivity contribution in [1.82, 2.24) is 14.6 Å². The van der Waals surface area contributed by atoms with Crippen LogP contribution < -0.4 is 5.73 Å². The highest BCUT2D eigenvalue weighted by molar-refractivity contribution is 5.39. The fourth-order valence-electron chi connectivity index (χ4n) is 2.17. The first kappa shape index (κ1) is 10.9. The summed E-state index contributed by atoms with van der Waals surface area (Å²) in [7, 11) is 0. The normalized spacial score (nSPS) is 12.7. The molecule has 0 radical (unpaired) electrons. The van der Waals surface area contributed by atoms with Crippen molar-refractivity contribution in [3.63, 3.8) is 0 Å². The summed E-state index contributed by atoms with van der Waals surface area (Å²) in [5.74, 6) is 0.961. The molecule has 0 fully saturated rings. The lowest BCUT2D eigenvalue weighted by atomic mass is 9.98. The van der Waals surface area contributed by atoms with Crippen LogP contribution in [0.3, 0.4) is 0 Å². The van der Waals surface area contributed by atoms with Gasteiger partial charge >= 0.3 is 0 Å². The summed E-state index contributed by atoms with van der Waals surface area (Å²) in [6.07, 6.45) is 1.97. The van der Waals surface area contributed by atoms with Crippen LogP contribution >= 0.6 is 0 Å². The maximum absolute atomic E-state index is 5.91. The summed E-state index contributed by atoms with van der Waals surface area (Å²) < 4.78 is 1.99.